The molecule has 7 nitrogen and oxygen atoms in total. The van der Waals surface area contributed by atoms with Gasteiger partial charge in [0.05, 0.1) is 9.79 Å². The van der Waals surface area contributed by atoms with E-state index in [1.165, 1.54) is 0 Å². The Morgan fingerprint density at radius 1 is 1.05 bits per heavy atom. The van der Waals surface area contributed by atoms with Crippen LogP contribution in [-0.2, 0) is 20.2 Å². The number of Topliss-reactive ketones (excluding diaryl/α,β-unsaturated/α-hetero) is 1. The standard InChI is InChI=1S/C8H8O7S2.2Na/c1-5(9)6-2-7(16(10,11)12)4-8(3-6)17(13,14)15;;/h2-4H,1H3,(H,10,11,12)(H,13,14,15);;/q;2*+1/p-1. The zero-order chi connectivity index (χ0) is 13.4. The minimum Gasteiger partial charge on any atom is -0.744 e. The number of hydrogen-bond acceptors (Lipinski definition) is 6. The average Bonchev–Trinajstić information content (AvgIpc) is 2.14. The molecule has 0 heterocycles. The summed E-state index contributed by atoms with van der Waals surface area (Å²) in [7, 11) is -9.62. The molecular weight excluding hydrogens is 318 g/mol. The van der Waals surface area contributed by atoms with Crippen LogP contribution in [0.2, 0.25) is 0 Å². The zero-order valence-electron chi connectivity index (χ0n) is 10.4. The van der Waals surface area contributed by atoms with E-state index in [9.17, 15) is 26.2 Å². The van der Waals surface area contributed by atoms with Crippen molar-refractivity contribution in [2.75, 3.05) is 0 Å². The number of carbonyl (C=O) groups excluding carboxylic acids is 1. The Hall–Kier alpha value is 0.710. The van der Waals surface area contributed by atoms with E-state index < -0.39 is 35.8 Å². The maximum atomic E-state index is 11.0. The molecule has 0 aliphatic carbocycles. The molecule has 11 heteroatoms. The van der Waals surface area contributed by atoms with Gasteiger partial charge in [0.25, 0.3) is 10.1 Å². The van der Waals surface area contributed by atoms with Gasteiger partial charge in [0.15, 0.2) is 5.78 Å². The molecule has 0 amide bonds. The SMILES string of the molecule is CC(=O)c1cc(S(=O)(=O)[O-])cc(S(=O)(=O)O)c1.[Na+].[Na+]. The second-order valence-electron chi connectivity index (χ2n) is 3.18. The van der Waals surface area contributed by atoms with Crippen LogP contribution >= 0.6 is 0 Å². The molecule has 0 aliphatic heterocycles. The quantitative estimate of drug-likeness (QED) is 0.333. The van der Waals surface area contributed by atoms with Gasteiger partial charge >= 0.3 is 59.1 Å². The van der Waals surface area contributed by atoms with Gasteiger partial charge in [-0.05, 0) is 25.1 Å². The van der Waals surface area contributed by atoms with Gasteiger partial charge in [-0.3, -0.25) is 9.35 Å². The zero-order valence-corrected chi connectivity index (χ0v) is 16.1. The van der Waals surface area contributed by atoms with Crippen LogP contribution in [0.15, 0.2) is 28.0 Å². The van der Waals surface area contributed by atoms with Crippen LogP contribution in [0.1, 0.15) is 17.3 Å². The molecular formula is C8H7Na2O7S2+. The number of ketones is 1. The molecule has 1 aromatic carbocycles. The first-order valence-electron chi connectivity index (χ1n) is 4.11. The van der Waals surface area contributed by atoms with Gasteiger partial charge in [-0.25, -0.2) is 8.42 Å². The predicted octanol–water partition coefficient (Wildman–Crippen LogP) is -5.95. The first-order chi connectivity index (χ1) is 7.51. The second kappa shape index (κ2) is 7.64. The molecule has 94 valence electrons. The van der Waals surface area contributed by atoms with E-state index in [1.807, 2.05) is 0 Å². The smallest absolute Gasteiger partial charge is 0.744 e. The molecule has 0 atom stereocenters. The first-order valence-corrected chi connectivity index (χ1v) is 6.96. The molecule has 19 heavy (non-hydrogen) atoms. The van der Waals surface area contributed by atoms with Crippen molar-refractivity contribution in [1.82, 2.24) is 0 Å². The maximum Gasteiger partial charge on any atom is 1.00 e. The Labute approximate surface area is 154 Å². The molecule has 0 spiro atoms. The van der Waals surface area contributed by atoms with Crippen LogP contribution in [-0.4, -0.2) is 31.7 Å². The molecule has 0 fully saturated rings. The van der Waals surface area contributed by atoms with Crippen molar-refractivity contribution in [3.05, 3.63) is 23.8 Å². The third kappa shape index (κ3) is 6.34. The van der Waals surface area contributed by atoms with Crippen molar-refractivity contribution in [2.45, 2.75) is 16.7 Å². The fraction of sp³-hybridized carbons (Fsp3) is 0.125. The van der Waals surface area contributed by atoms with E-state index >= 15 is 0 Å². The molecule has 0 aromatic heterocycles. The second-order valence-corrected chi connectivity index (χ2v) is 5.98. The first kappa shape index (κ1) is 22.0. The topological polar surface area (TPSA) is 129 Å². The van der Waals surface area contributed by atoms with E-state index in [4.69, 9.17) is 4.55 Å². The maximum absolute atomic E-state index is 11.0. The van der Waals surface area contributed by atoms with Crippen LogP contribution in [0.3, 0.4) is 0 Å². The van der Waals surface area contributed by atoms with Gasteiger partial charge in [-0.1, -0.05) is 0 Å². The molecule has 1 aromatic rings. The molecule has 0 aliphatic rings. The molecule has 0 bridgehead atoms. The van der Waals surface area contributed by atoms with Crippen LogP contribution in [0.25, 0.3) is 0 Å². The fourth-order valence-corrected chi connectivity index (χ4v) is 2.24. The van der Waals surface area contributed by atoms with Crippen molar-refractivity contribution < 1.29 is 89.9 Å². The Bertz CT molecular complexity index is 629. The number of benzene rings is 1. The Morgan fingerprint density at radius 2 is 1.47 bits per heavy atom. The summed E-state index contributed by atoms with van der Waals surface area (Å²) in [6.07, 6.45) is 0. The fourth-order valence-electron chi connectivity index (χ4n) is 1.07. The number of carbonyl (C=O) groups is 1. The molecule has 0 saturated carbocycles. The average molecular weight is 325 g/mol. The monoisotopic (exact) mass is 325 g/mol. The van der Waals surface area contributed by atoms with E-state index in [-0.39, 0.29) is 64.7 Å². The van der Waals surface area contributed by atoms with Crippen molar-refractivity contribution >= 4 is 26.0 Å². The third-order valence-corrected chi connectivity index (χ3v) is 3.52. The minimum absolute atomic E-state index is 0. The van der Waals surface area contributed by atoms with Crippen LogP contribution < -0.4 is 59.1 Å². The largest absolute Gasteiger partial charge is 1.00 e. The van der Waals surface area contributed by atoms with Crippen molar-refractivity contribution in [3.8, 4) is 0 Å². The van der Waals surface area contributed by atoms with Crippen LogP contribution in [0, 0.1) is 0 Å². The summed E-state index contributed by atoms with van der Waals surface area (Å²) in [4.78, 5) is 9.32. The Kier molecular flexibility index (Phi) is 8.85. The summed E-state index contributed by atoms with van der Waals surface area (Å²) >= 11 is 0. The molecule has 1 rings (SSSR count). The normalized spacial score (nSPS) is 11.1. The van der Waals surface area contributed by atoms with Gasteiger partial charge in [0.2, 0.25) is 0 Å². The van der Waals surface area contributed by atoms with E-state index in [0.29, 0.717) is 6.07 Å². The number of hydrogen-bond donors (Lipinski definition) is 1. The van der Waals surface area contributed by atoms with Gasteiger partial charge in [-0.15, -0.1) is 0 Å². The summed E-state index contributed by atoms with van der Waals surface area (Å²) in [5.74, 6) is -0.639. The van der Waals surface area contributed by atoms with Crippen LogP contribution in [0.4, 0.5) is 0 Å². The Balaban J connectivity index is 0. The van der Waals surface area contributed by atoms with Gasteiger partial charge < -0.3 is 4.55 Å². The van der Waals surface area contributed by atoms with Crippen LogP contribution in [0.5, 0.6) is 0 Å². The summed E-state index contributed by atoms with van der Waals surface area (Å²) < 4.78 is 62.6. The van der Waals surface area contributed by atoms with Crippen molar-refractivity contribution in [1.29, 1.82) is 0 Å². The van der Waals surface area contributed by atoms with E-state index in [2.05, 4.69) is 0 Å². The van der Waals surface area contributed by atoms with Gasteiger partial charge in [-0.2, -0.15) is 8.42 Å². The minimum atomic E-state index is -4.92. The van der Waals surface area contributed by atoms with E-state index in [1.54, 1.807) is 0 Å². The third-order valence-electron chi connectivity index (χ3n) is 1.87. The predicted molar refractivity (Wildman–Crippen MR) is 54.2 cm³/mol. The molecule has 0 unspecified atom stereocenters. The molecule has 0 saturated heterocycles. The van der Waals surface area contributed by atoms with Crippen molar-refractivity contribution in [3.63, 3.8) is 0 Å². The number of rotatable bonds is 3. The molecule has 1 N–H and O–H groups in total. The summed E-state index contributed by atoms with van der Waals surface area (Å²) in [6, 6.07) is 2.02. The summed E-state index contributed by atoms with van der Waals surface area (Å²) in [5.41, 5.74) is -0.297. The summed E-state index contributed by atoms with van der Waals surface area (Å²) in [5, 5.41) is 0. The Morgan fingerprint density at radius 3 is 1.79 bits per heavy atom. The van der Waals surface area contributed by atoms with E-state index in [0.717, 1.165) is 19.1 Å². The van der Waals surface area contributed by atoms with Gasteiger partial charge in [0, 0.05) is 5.56 Å². The molecule has 0 radical (unpaired) electrons. The summed E-state index contributed by atoms with van der Waals surface area (Å²) in [6.45, 7) is 1.06. The van der Waals surface area contributed by atoms with Gasteiger partial charge in [0.1, 0.15) is 10.1 Å². The van der Waals surface area contributed by atoms with Crippen molar-refractivity contribution in [2.24, 2.45) is 0 Å².